The fourth-order valence-corrected chi connectivity index (χ4v) is 3.36. The van der Waals surface area contributed by atoms with Crippen molar-refractivity contribution in [3.63, 3.8) is 0 Å². The fourth-order valence-electron chi connectivity index (χ4n) is 3.36. The monoisotopic (exact) mass is 271 g/mol. The molecule has 20 heavy (non-hydrogen) atoms. The molecule has 2 aromatic rings. The van der Waals surface area contributed by atoms with Crippen molar-refractivity contribution in [2.45, 2.75) is 46.1 Å². The molecule has 0 bridgehead atoms. The van der Waals surface area contributed by atoms with Crippen LogP contribution in [-0.4, -0.2) is 33.4 Å². The average molecular weight is 271 g/mol. The third kappa shape index (κ3) is 2.59. The van der Waals surface area contributed by atoms with Crippen molar-refractivity contribution in [3.8, 4) is 0 Å². The smallest absolute Gasteiger partial charge is 0.113 e. The Morgan fingerprint density at radius 3 is 3.05 bits per heavy atom. The summed E-state index contributed by atoms with van der Waals surface area (Å²) in [7, 11) is 0. The summed E-state index contributed by atoms with van der Waals surface area (Å²) in [6, 6.07) is 4.94. The first-order chi connectivity index (χ1) is 9.65. The van der Waals surface area contributed by atoms with Gasteiger partial charge in [-0.15, -0.1) is 0 Å². The van der Waals surface area contributed by atoms with Crippen LogP contribution in [0.3, 0.4) is 0 Å². The van der Waals surface area contributed by atoms with Crippen LogP contribution < -0.4 is 0 Å². The van der Waals surface area contributed by atoms with Gasteiger partial charge in [0.2, 0.25) is 0 Å². The highest BCUT2D eigenvalue weighted by molar-refractivity contribution is 5.53. The summed E-state index contributed by atoms with van der Waals surface area (Å²) in [5, 5.41) is 0. The van der Waals surface area contributed by atoms with E-state index in [1.807, 2.05) is 6.20 Å². The lowest BCUT2D eigenvalue weighted by atomic mass is 9.93. The second-order valence-corrected chi connectivity index (χ2v) is 6.42. The summed E-state index contributed by atoms with van der Waals surface area (Å²) in [6.45, 7) is 9.24. The van der Waals surface area contributed by atoms with Gasteiger partial charge >= 0.3 is 0 Å². The molecule has 0 N–H and O–H groups in total. The number of aromatic nitrogens is 2. The van der Waals surface area contributed by atoms with Crippen LogP contribution in [0.5, 0.6) is 0 Å². The molecular formula is C17H25N3. The van der Waals surface area contributed by atoms with Gasteiger partial charge in [0.25, 0.3) is 0 Å². The van der Waals surface area contributed by atoms with Crippen molar-refractivity contribution in [2.75, 3.05) is 13.1 Å². The van der Waals surface area contributed by atoms with Crippen molar-refractivity contribution >= 4 is 5.52 Å². The van der Waals surface area contributed by atoms with Crippen molar-refractivity contribution in [2.24, 2.45) is 5.92 Å². The summed E-state index contributed by atoms with van der Waals surface area (Å²) in [5.41, 5.74) is 2.55. The van der Waals surface area contributed by atoms with E-state index in [1.54, 1.807) is 0 Å². The van der Waals surface area contributed by atoms with E-state index in [4.69, 9.17) is 0 Å². The van der Waals surface area contributed by atoms with Crippen LogP contribution >= 0.6 is 0 Å². The zero-order valence-electron chi connectivity index (χ0n) is 12.8. The Morgan fingerprint density at radius 2 is 2.25 bits per heavy atom. The SMILES string of the molecule is Cc1cccn2c(CC3CCCN(C(C)C)C3)ncc12. The van der Waals surface area contributed by atoms with Gasteiger partial charge in [0.15, 0.2) is 0 Å². The maximum absolute atomic E-state index is 4.66. The molecule has 1 saturated heterocycles. The number of likely N-dealkylation sites (tertiary alicyclic amines) is 1. The van der Waals surface area contributed by atoms with E-state index < -0.39 is 0 Å². The molecule has 3 nitrogen and oxygen atoms in total. The maximum atomic E-state index is 4.66. The first-order valence-electron chi connectivity index (χ1n) is 7.80. The zero-order valence-corrected chi connectivity index (χ0v) is 12.8. The van der Waals surface area contributed by atoms with E-state index in [0.717, 1.165) is 12.3 Å². The molecule has 3 rings (SSSR count). The van der Waals surface area contributed by atoms with Crippen LogP contribution in [0, 0.1) is 12.8 Å². The van der Waals surface area contributed by atoms with Gasteiger partial charge in [-0.25, -0.2) is 4.98 Å². The fraction of sp³-hybridized carbons (Fsp3) is 0.588. The lowest BCUT2D eigenvalue weighted by Gasteiger charge is -2.35. The normalized spacial score (nSPS) is 20.9. The Labute approximate surface area is 121 Å². The highest BCUT2D eigenvalue weighted by Gasteiger charge is 2.23. The number of nitrogens with zero attached hydrogens (tertiary/aromatic N) is 3. The summed E-state index contributed by atoms with van der Waals surface area (Å²) in [5.74, 6) is 1.97. The number of hydrogen-bond donors (Lipinski definition) is 0. The topological polar surface area (TPSA) is 20.5 Å². The number of imidazole rings is 1. The molecule has 108 valence electrons. The lowest BCUT2D eigenvalue weighted by molar-refractivity contribution is 0.138. The quantitative estimate of drug-likeness (QED) is 0.854. The standard InChI is InChI=1S/C17H25N3/c1-13(2)19-8-5-7-15(12-19)10-17-18-11-16-14(3)6-4-9-20(16)17/h4,6,9,11,13,15H,5,7-8,10,12H2,1-3H3. The number of pyridine rings is 1. The van der Waals surface area contributed by atoms with Crippen LogP contribution in [0.4, 0.5) is 0 Å². The zero-order chi connectivity index (χ0) is 14.1. The maximum Gasteiger partial charge on any atom is 0.113 e. The largest absolute Gasteiger partial charge is 0.303 e. The molecule has 1 unspecified atom stereocenters. The number of aryl methyl sites for hydroxylation is 1. The van der Waals surface area contributed by atoms with Crippen LogP contribution in [0.15, 0.2) is 24.5 Å². The summed E-state index contributed by atoms with van der Waals surface area (Å²) < 4.78 is 2.27. The summed E-state index contributed by atoms with van der Waals surface area (Å²) >= 11 is 0. The molecule has 0 saturated carbocycles. The highest BCUT2D eigenvalue weighted by atomic mass is 15.2. The van der Waals surface area contributed by atoms with E-state index in [2.05, 4.69) is 53.4 Å². The summed E-state index contributed by atoms with van der Waals surface area (Å²) in [6.07, 6.45) is 7.93. The van der Waals surface area contributed by atoms with Gasteiger partial charge < -0.3 is 9.30 Å². The Hall–Kier alpha value is -1.35. The van der Waals surface area contributed by atoms with E-state index >= 15 is 0 Å². The number of rotatable bonds is 3. The third-order valence-corrected chi connectivity index (χ3v) is 4.61. The van der Waals surface area contributed by atoms with Crippen molar-refractivity contribution in [1.82, 2.24) is 14.3 Å². The molecule has 0 radical (unpaired) electrons. The van der Waals surface area contributed by atoms with Gasteiger partial charge in [0.05, 0.1) is 11.7 Å². The second-order valence-electron chi connectivity index (χ2n) is 6.42. The molecule has 2 aromatic heterocycles. The van der Waals surface area contributed by atoms with Gasteiger partial charge in [-0.1, -0.05) is 6.07 Å². The molecule has 0 aromatic carbocycles. The Morgan fingerprint density at radius 1 is 1.40 bits per heavy atom. The van der Waals surface area contributed by atoms with Gasteiger partial charge in [0.1, 0.15) is 5.82 Å². The predicted molar refractivity (Wildman–Crippen MR) is 83.1 cm³/mol. The molecule has 1 aliphatic rings. The minimum absolute atomic E-state index is 0.664. The predicted octanol–water partition coefficient (Wildman–Crippen LogP) is 3.31. The lowest BCUT2D eigenvalue weighted by Crippen LogP contribution is -2.40. The third-order valence-electron chi connectivity index (χ3n) is 4.61. The van der Waals surface area contributed by atoms with Crippen molar-refractivity contribution in [3.05, 3.63) is 35.9 Å². The number of hydrogen-bond acceptors (Lipinski definition) is 2. The first kappa shape index (κ1) is 13.6. The van der Waals surface area contributed by atoms with Crippen molar-refractivity contribution < 1.29 is 0 Å². The molecule has 1 atom stereocenters. The van der Waals surface area contributed by atoms with E-state index in [1.165, 1.54) is 42.8 Å². The Balaban J connectivity index is 1.78. The Kier molecular flexibility index (Phi) is 3.79. The highest BCUT2D eigenvalue weighted by Crippen LogP contribution is 2.22. The molecule has 0 amide bonds. The van der Waals surface area contributed by atoms with Gasteiger partial charge in [-0.2, -0.15) is 0 Å². The van der Waals surface area contributed by atoms with E-state index in [-0.39, 0.29) is 0 Å². The van der Waals surface area contributed by atoms with Gasteiger partial charge in [0, 0.05) is 25.2 Å². The molecule has 3 heterocycles. The molecular weight excluding hydrogens is 246 g/mol. The molecule has 0 aliphatic carbocycles. The van der Waals surface area contributed by atoms with E-state index in [9.17, 15) is 0 Å². The average Bonchev–Trinajstić information content (AvgIpc) is 2.84. The number of fused-ring (bicyclic) bond motifs is 1. The molecule has 1 aliphatic heterocycles. The number of piperidine rings is 1. The van der Waals surface area contributed by atoms with Crippen LogP contribution in [0.2, 0.25) is 0 Å². The summed E-state index contributed by atoms with van der Waals surface area (Å²) in [4.78, 5) is 7.27. The minimum atomic E-state index is 0.664. The van der Waals surface area contributed by atoms with Gasteiger partial charge in [-0.3, -0.25) is 0 Å². The van der Waals surface area contributed by atoms with Gasteiger partial charge in [-0.05, 0) is 57.7 Å². The molecule has 1 fully saturated rings. The molecule has 3 heteroatoms. The minimum Gasteiger partial charge on any atom is -0.303 e. The van der Waals surface area contributed by atoms with Crippen LogP contribution in [-0.2, 0) is 6.42 Å². The van der Waals surface area contributed by atoms with Crippen molar-refractivity contribution in [1.29, 1.82) is 0 Å². The molecule has 0 spiro atoms. The van der Waals surface area contributed by atoms with Crippen LogP contribution in [0.25, 0.3) is 5.52 Å². The van der Waals surface area contributed by atoms with Crippen LogP contribution in [0.1, 0.15) is 38.1 Å². The second kappa shape index (κ2) is 5.57. The Bertz CT molecular complexity index is 585. The first-order valence-corrected chi connectivity index (χ1v) is 7.80. The van der Waals surface area contributed by atoms with E-state index in [0.29, 0.717) is 6.04 Å².